The minimum atomic E-state index is -0.415. The van der Waals surface area contributed by atoms with Crippen molar-refractivity contribution in [1.29, 1.82) is 0 Å². The molecule has 0 amide bonds. The van der Waals surface area contributed by atoms with E-state index in [9.17, 15) is 9.90 Å². The van der Waals surface area contributed by atoms with E-state index in [-0.39, 0.29) is 30.9 Å². The second kappa shape index (κ2) is 4.73. The molecule has 2 rings (SSSR count). The van der Waals surface area contributed by atoms with Crippen molar-refractivity contribution in [2.45, 2.75) is 12.1 Å². The maximum absolute atomic E-state index is 11.5. The van der Waals surface area contributed by atoms with Gasteiger partial charge in [0.15, 0.2) is 0 Å². The number of ether oxygens (including phenoxy) is 1. The minimum absolute atomic E-state index is 0.128. The van der Waals surface area contributed by atoms with Crippen molar-refractivity contribution < 1.29 is 14.9 Å². The molecule has 3 unspecified atom stereocenters. The van der Waals surface area contributed by atoms with E-state index in [1.54, 1.807) is 12.3 Å². The summed E-state index contributed by atoms with van der Waals surface area (Å²) in [7, 11) is 0. The van der Waals surface area contributed by atoms with Gasteiger partial charge in [0.1, 0.15) is 0 Å². The fraction of sp³-hybridized carbons (Fsp3) is 0.600. The van der Waals surface area contributed by atoms with Gasteiger partial charge in [-0.1, -0.05) is 0 Å². The third kappa shape index (κ3) is 1.87. The number of hydrogen-bond donors (Lipinski definition) is 2. The van der Waals surface area contributed by atoms with Crippen LogP contribution in [0.25, 0.3) is 0 Å². The Morgan fingerprint density at radius 2 is 2.31 bits per heavy atom. The van der Waals surface area contributed by atoms with Gasteiger partial charge >= 0.3 is 5.69 Å². The lowest BCUT2D eigenvalue weighted by molar-refractivity contribution is 0.0268. The van der Waals surface area contributed by atoms with Crippen LogP contribution in [0, 0.1) is 5.92 Å². The van der Waals surface area contributed by atoms with Crippen molar-refractivity contribution in [2.75, 3.05) is 19.8 Å². The molecule has 6 heteroatoms. The average Bonchev–Trinajstić information content (AvgIpc) is 2.72. The van der Waals surface area contributed by atoms with Crippen molar-refractivity contribution in [3.63, 3.8) is 0 Å². The van der Waals surface area contributed by atoms with Crippen LogP contribution in [-0.2, 0) is 4.74 Å². The van der Waals surface area contributed by atoms with Crippen LogP contribution in [0.2, 0.25) is 0 Å². The molecule has 0 aliphatic carbocycles. The second-order valence-corrected chi connectivity index (χ2v) is 3.78. The molecule has 1 aromatic heterocycles. The van der Waals surface area contributed by atoms with Gasteiger partial charge in [0.2, 0.25) is 0 Å². The van der Waals surface area contributed by atoms with Gasteiger partial charge in [-0.05, 0) is 6.07 Å². The fourth-order valence-corrected chi connectivity index (χ4v) is 2.05. The molecule has 0 saturated carbocycles. The van der Waals surface area contributed by atoms with Gasteiger partial charge < -0.3 is 14.9 Å². The summed E-state index contributed by atoms with van der Waals surface area (Å²) < 4.78 is 6.77. The summed E-state index contributed by atoms with van der Waals surface area (Å²) in [4.78, 5) is 15.2. The van der Waals surface area contributed by atoms with Crippen molar-refractivity contribution in [3.05, 3.63) is 28.9 Å². The zero-order valence-corrected chi connectivity index (χ0v) is 8.69. The van der Waals surface area contributed by atoms with E-state index < -0.39 is 6.10 Å². The van der Waals surface area contributed by atoms with Gasteiger partial charge in [0.05, 0.1) is 32.0 Å². The summed E-state index contributed by atoms with van der Waals surface area (Å²) in [5, 5.41) is 18.3. The van der Waals surface area contributed by atoms with E-state index in [1.165, 1.54) is 10.8 Å². The van der Waals surface area contributed by atoms with Crippen molar-refractivity contribution in [1.82, 2.24) is 9.55 Å². The highest BCUT2D eigenvalue weighted by atomic mass is 16.5. The fourth-order valence-electron chi connectivity index (χ4n) is 2.05. The summed E-state index contributed by atoms with van der Waals surface area (Å²) in [6.45, 7) is 0.0238. The van der Waals surface area contributed by atoms with Crippen LogP contribution in [0.5, 0.6) is 0 Å². The predicted octanol–water partition coefficient (Wildman–Crippen LogP) is -1.22. The lowest BCUT2D eigenvalue weighted by Crippen LogP contribution is -2.34. The van der Waals surface area contributed by atoms with Crippen LogP contribution in [0.1, 0.15) is 6.04 Å². The Labute approximate surface area is 92.1 Å². The van der Waals surface area contributed by atoms with E-state index in [2.05, 4.69) is 4.98 Å². The maximum atomic E-state index is 11.5. The summed E-state index contributed by atoms with van der Waals surface area (Å²) >= 11 is 0. The Morgan fingerprint density at radius 3 is 2.94 bits per heavy atom. The molecule has 0 bridgehead atoms. The lowest BCUT2D eigenvalue weighted by atomic mass is 9.98. The largest absolute Gasteiger partial charge is 0.396 e. The van der Waals surface area contributed by atoms with Crippen molar-refractivity contribution in [2.24, 2.45) is 5.92 Å². The van der Waals surface area contributed by atoms with Crippen LogP contribution in [-0.4, -0.2) is 45.7 Å². The van der Waals surface area contributed by atoms with Gasteiger partial charge in [-0.2, -0.15) is 0 Å². The van der Waals surface area contributed by atoms with E-state index in [0.717, 1.165) is 0 Å². The first kappa shape index (κ1) is 11.3. The Morgan fingerprint density at radius 1 is 1.50 bits per heavy atom. The van der Waals surface area contributed by atoms with Crippen LogP contribution >= 0.6 is 0 Å². The number of rotatable bonds is 3. The molecule has 1 aliphatic heterocycles. The third-order valence-electron chi connectivity index (χ3n) is 2.94. The summed E-state index contributed by atoms with van der Waals surface area (Å²) in [5.74, 6) is -0.271. The van der Waals surface area contributed by atoms with E-state index in [0.29, 0.717) is 6.61 Å². The highest BCUT2D eigenvalue weighted by Crippen LogP contribution is 2.29. The van der Waals surface area contributed by atoms with E-state index >= 15 is 0 Å². The van der Waals surface area contributed by atoms with Crippen LogP contribution in [0.3, 0.4) is 0 Å². The molecule has 1 fully saturated rings. The molecular weight excluding hydrogens is 212 g/mol. The lowest BCUT2D eigenvalue weighted by Gasteiger charge is -2.20. The van der Waals surface area contributed by atoms with Gasteiger partial charge in [-0.25, -0.2) is 9.78 Å². The molecule has 2 heterocycles. The smallest absolute Gasteiger partial charge is 0.347 e. The molecule has 1 saturated heterocycles. The highest BCUT2D eigenvalue weighted by molar-refractivity contribution is 4.92. The molecule has 0 aromatic carbocycles. The van der Waals surface area contributed by atoms with Crippen molar-refractivity contribution in [3.8, 4) is 0 Å². The quantitative estimate of drug-likeness (QED) is 0.675. The second-order valence-electron chi connectivity index (χ2n) is 3.78. The summed E-state index contributed by atoms with van der Waals surface area (Å²) in [6, 6.07) is 1.39. The van der Waals surface area contributed by atoms with Crippen LogP contribution in [0.4, 0.5) is 0 Å². The molecule has 0 spiro atoms. The molecule has 88 valence electrons. The summed E-state index contributed by atoms with van der Waals surface area (Å²) in [6.07, 6.45) is 2.62. The molecule has 1 aliphatic rings. The summed E-state index contributed by atoms with van der Waals surface area (Å²) in [5.41, 5.74) is -0.367. The number of nitrogens with zero attached hydrogens (tertiary/aromatic N) is 2. The molecule has 0 radical (unpaired) electrons. The molecule has 3 atom stereocenters. The van der Waals surface area contributed by atoms with Crippen molar-refractivity contribution >= 4 is 0 Å². The number of aliphatic hydroxyl groups excluding tert-OH is 2. The monoisotopic (exact) mass is 226 g/mol. The van der Waals surface area contributed by atoms with E-state index in [4.69, 9.17) is 9.84 Å². The molecular formula is C10H14N2O4. The SMILES string of the molecule is O=c1ncccn1C1COC(CO)C1CO. The first-order valence-electron chi connectivity index (χ1n) is 5.14. The van der Waals surface area contributed by atoms with Gasteiger partial charge in [0, 0.05) is 18.3 Å². The number of aliphatic hydroxyl groups is 2. The first-order valence-corrected chi connectivity index (χ1v) is 5.14. The van der Waals surface area contributed by atoms with Crippen LogP contribution < -0.4 is 5.69 Å². The standard InChI is InChI=1S/C10H14N2O4/c13-4-7-8(6-16-9(7)5-14)12-3-1-2-11-10(12)15/h1-3,7-9,13-14H,4-6H2. The Kier molecular flexibility index (Phi) is 3.33. The maximum Gasteiger partial charge on any atom is 0.347 e. The molecule has 6 nitrogen and oxygen atoms in total. The Bertz CT molecular complexity index is 406. The topological polar surface area (TPSA) is 84.6 Å². The van der Waals surface area contributed by atoms with Crippen LogP contribution in [0.15, 0.2) is 23.3 Å². The number of aromatic nitrogens is 2. The van der Waals surface area contributed by atoms with E-state index in [1.807, 2.05) is 0 Å². The van der Waals surface area contributed by atoms with Gasteiger partial charge in [0.25, 0.3) is 0 Å². The zero-order valence-electron chi connectivity index (χ0n) is 8.69. The van der Waals surface area contributed by atoms with Gasteiger partial charge in [-0.15, -0.1) is 0 Å². The molecule has 16 heavy (non-hydrogen) atoms. The third-order valence-corrected chi connectivity index (χ3v) is 2.94. The van der Waals surface area contributed by atoms with Gasteiger partial charge in [-0.3, -0.25) is 4.57 Å². The molecule has 1 aromatic rings. The first-order chi connectivity index (χ1) is 7.77. The Hall–Kier alpha value is -1.24. The number of hydrogen-bond acceptors (Lipinski definition) is 5. The average molecular weight is 226 g/mol. The predicted molar refractivity (Wildman–Crippen MR) is 54.9 cm³/mol. The molecule has 2 N–H and O–H groups in total. The zero-order chi connectivity index (χ0) is 11.5. The highest BCUT2D eigenvalue weighted by Gasteiger charge is 2.37. The normalized spacial score (nSPS) is 29.5. The minimum Gasteiger partial charge on any atom is -0.396 e. The Balaban J connectivity index is 2.28.